The minimum Gasteiger partial charge on any atom is -0.237 e. The summed E-state index contributed by atoms with van der Waals surface area (Å²) in [6.45, 7) is 5.92. The van der Waals surface area contributed by atoms with Crippen LogP contribution >= 0.6 is 22.9 Å². The Balaban J connectivity index is 2.70. The zero-order valence-electron chi connectivity index (χ0n) is 7.76. The normalized spacial score (nSPS) is 14.5. The van der Waals surface area contributed by atoms with E-state index in [4.69, 9.17) is 11.6 Å². The molecule has 1 rings (SSSR count). The van der Waals surface area contributed by atoms with E-state index in [1.165, 1.54) is 11.3 Å². The van der Waals surface area contributed by atoms with Crippen molar-refractivity contribution in [2.24, 2.45) is 0 Å². The molecule has 5 heteroatoms. The summed E-state index contributed by atoms with van der Waals surface area (Å²) in [5, 5.41) is 0. The van der Waals surface area contributed by atoms with Crippen molar-refractivity contribution in [1.82, 2.24) is 4.72 Å². The molecule has 0 spiro atoms. The van der Waals surface area contributed by atoms with Gasteiger partial charge in [-0.05, 0) is 32.9 Å². The molecule has 2 nitrogen and oxygen atoms in total. The Morgan fingerprint density at radius 1 is 1.46 bits per heavy atom. The number of hydrogen-bond donors (Lipinski definition) is 1. The molecule has 0 fully saturated rings. The van der Waals surface area contributed by atoms with E-state index < -0.39 is 11.0 Å². The average Bonchev–Trinajstić information content (AvgIpc) is 2.31. The average molecular weight is 238 g/mol. The lowest BCUT2D eigenvalue weighted by molar-refractivity contribution is 0.520. The van der Waals surface area contributed by atoms with Crippen LogP contribution in [0.1, 0.15) is 20.8 Å². The molecular weight excluding hydrogens is 226 g/mol. The predicted molar refractivity (Wildman–Crippen MR) is 58.6 cm³/mol. The van der Waals surface area contributed by atoms with E-state index in [2.05, 4.69) is 4.72 Å². The van der Waals surface area contributed by atoms with Gasteiger partial charge in [-0.3, -0.25) is 0 Å². The molecule has 0 radical (unpaired) electrons. The summed E-state index contributed by atoms with van der Waals surface area (Å²) >= 11 is 7.07. The van der Waals surface area contributed by atoms with Crippen LogP contribution in [0.5, 0.6) is 0 Å². The Kier molecular flexibility index (Phi) is 3.51. The highest BCUT2D eigenvalue weighted by molar-refractivity contribution is 7.85. The molecule has 0 aromatic carbocycles. The van der Waals surface area contributed by atoms with Crippen molar-refractivity contribution in [2.75, 3.05) is 0 Å². The zero-order valence-corrected chi connectivity index (χ0v) is 10.1. The van der Waals surface area contributed by atoms with E-state index in [0.717, 1.165) is 4.21 Å². The van der Waals surface area contributed by atoms with Crippen LogP contribution in [0, 0.1) is 0 Å². The molecule has 0 aliphatic heterocycles. The van der Waals surface area contributed by atoms with Crippen LogP contribution in [0.3, 0.4) is 0 Å². The van der Waals surface area contributed by atoms with Gasteiger partial charge >= 0.3 is 0 Å². The van der Waals surface area contributed by atoms with E-state index in [9.17, 15) is 4.21 Å². The lowest BCUT2D eigenvalue weighted by Crippen LogP contribution is -2.36. The van der Waals surface area contributed by atoms with E-state index in [1.807, 2.05) is 20.8 Å². The van der Waals surface area contributed by atoms with Gasteiger partial charge in [-0.15, -0.1) is 11.3 Å². The van der Waals surface area contributed by atoms with Crippen LogP contribution in [0.15, 0.2) is 16.3 Å². The maximum absolute atomic E-state index is 11.6. The SMILES string of the molecule is CC(C)(C)NS(=O)c1ccc(Cl)s1. The van der Waals surface area contributed by atoms with Crippen LogP contribution < -0.4 is 4.72 Å². The fraction of sp³-hybridized carbons (Fsp3) is 0.500. The van der Waals surface area contributed by atoms with Crippen molar-refractivity contribution in [1.29, 1.82) is 0 Å². The fourth-order valence-electron chi connectivity index (χ4n) is 0.726. The second kappa shape index (κ2) is 4.09. The third-order valence-corrected chi connectivity index (χ3v) is 4.16. The first-order valence-corrected chi connectivity index (χ1v) is 6.18. The van der Waals surface area contributed by atoms with E-state index in [0.29, 0.717) is 4.34 Å². The van der Waals surface area contributed by atoms with Crippen molar-refractivity contribution < 1.29 is 4.21 Å². The maximum atomic E-state index is 11.6. The molecule has 0 aliphatic rings. The third-order valence-electron chi connectivity index (χ3n) is 1.13. The van der Waals surface area contributed by atoms with Gasteiger partial charge in [0.15, 0.2) is 0 Å². The number of halogens is 1. The maximum Gasteiger partial charge on any atom is 0.135 e. The highest BCUT2D eigenvalue weighted by Crippen LogP contribution is 2.24. The molecule has 0 bridgehead atoms. The highest BCUT2D eigenvalue weighted by Gasteiger charge is 2.15. The Hall–Kier alpha value is 0.1000. The molecular formula is C8H12ClNOS2. The molecule has 0 saturated heterocycles. The van der Waals surface area contributed by atoms with Gasteiger partial charge in [0.05, 0.1) is 4.34 Å². The first-order chi connectivity index (χ1) is 5.88. The van der Waals surface area contributed by atoms with Crippen molar-refractivity contribution in [3.8, 4) is 0 Å². The van der Waals surface area contributed by atoms with Crippen molar-refractivity contribution >= 4 is 33.9 Å². The van der Waals surface area contributed by atoms with Gasteiger partial charge in [0.2, 0.25) is 0 Å². The topological polar surface area (TPSA) is 29.1 Å². The van der Waals surface area contributed by atoms with Crippen LogP contribution in [-0.2, 0) is 11.0 Å². The standard InChI is InChI=1S/C8H12ClNOS2/c1-8(2,3)10-13(11)7-5-4-6(9)12-7/h4-5,10H,1-3H3. The second-order valence-corrected chi connectivity index (χ2v) is 6.83. The molecule has 0 saturated carbocycles. The first kappa shape index (κ1) is 11.2. The number of hydrogen-bond acceptors (Lipinski definition) is 2. The molecule has 1 aromatic rings. The first-order valence-electron chi connectivity index (χ1n) is 3.83. The number of nitrogens with one attached hydrogen (secondary N) is 1. The Bertz CT molecular complexity index is 316. The quantitative estimate of drug-likeness (QED) is 0.842. The zero-order chi connectivity index (χ0) is 10.1. The minimum absolute atomic E-state index is 0.151. The predicted octanol–water partition coefficient (Wildman–Crippen LogP) is 2.81. The van der Waals surface area contributed by atoms with Gasteiger partial charge in [0.25, 0.3) is 0 Å². The lowest BCUT2D eigenvalue weighted by atomic mass is 10.1. The summed E-state index contributed by atoms with van der Waals surface area (Å²) in [5.41, 5.74) is -0.151. The minimum atomic E-state index is -1.15. The molecule has 1 aromatic heterocycles. The summed E-state index contributed by atoms with van der Waals surface area (Å²) < 4.78 is 16.0. The fourth-order valence-corrected chi connectivity index (χ4v) is 3.19. The largest absolute Gasteiger partial charge is 0.237 e. The second-order valence-electron chi connectivity index (χ2n) is 3.68. The van der Waals surface area contributed by atoms with Crippen molar-refractivity contribution in [3.05, 3.63) is 16.5 Å². The van der Waals surface area contributed by atoms with Crippen LogP contribution in [0.25, 0.3) is 0 Å². The van der Waals surface area contributed by atoms with Crippen LogP contribution in [-0.4, -0.2) is 9.75 Å². The summed E-state index contributed by atoms with van der Waals surface area (Å²) in [6, 6.07) is 3.53. The van der Waals surface area contributed by atoms with Crippen molar-refractivity contribution in [3.63, 3.8) is 0 Å². The van der Waals surface area contributed by atoms with E-state index >= 15 is 0 Å². The molecule has 13 heavy (non-hydrogen) atoms. The number of rotatable bonds is 2. The Labute approximate surface area is 89.9 Å². The molecule has 1 N–H and O–H groups in total. The summed E-state index contributed by atoms with van der Waals surface area (Å²) in [7, 11) is -1.15. The summed E-state index contributed by atoms with van der Waals surface area (Å²) in [4.78, 5) is 0. The molecule has 74 valence electrons. The smallest absolute Gasteiger partial charge is 0.135 e. The van der Waals surface area contributed by atoms with E-state index in [-0.39, 0.29) is 5.54 Å². The monoisotopic (exact) mass is 237 g/mol. The highest BCUT2D eigenvalue weighted by atomic mass is 35.5. The van der Waals surface area contributed by atoms with Gasteiger partial charge in [-0.1, -0.05) is 11.6 Å². The lowest BCUT2D eigenvalue weighted by Gasteiger charge is -2.18. The van der Waals surface area contributed by atoms with Gasteiger partial charge in [0.1, 0.15) is 15.2 Å². The Morgan fingerprint density at radius 3 is 2.46 bits per heavy atom. The molecule has 1 unspecified atom stereocenters. The Morgan fingerprint density at radius 2 is 2.08 bits per heavy atom. The summed E-state index contributed by atoms with van der Waals surface area (Å²) in [6.07, 6.45) is 0. The molecule has 0 aliphatic carbocycles. The number of thiophene rings is 1. The van der Waals surface area contributed by atoms with Crippen molar-refractivity contribution in [2.45, 2.75) is 30.5 Å². The molecule has 0 amide bonds. The third kappa shape index (κ3) is 3.77. The van der Waals surface area contributed by atoms with Gasteiger partial charge in [-0.25, -0.2) is 8.93 Å². The van der Waals surface area contributed by atoms with Gasteiger partial charge in [-0.2, -0.15) is 0 Å². The molecule has 1 atom stereocenters. The molecule has 1 heterocycles. The van der Waals surface area contributed by atoms with Crippen LogP contribution in [0.2, 0.25) is 4.34 Å². The summed E-state index contributed by atoms with van der Waals surface area (Å²) in [5.74, 6) is 0. The van der Waals surface area contributed by atoms with Gasteiger partial charge < -0.3 is 0 Å². The van der Waals surface area contributed by atoms with Crippen LogP contribution in [0.4, 0.5) is 0 Å². The van der Waals surface area contributed by atoms with Gasteiger partial charge in [0, 0.05) is 5.54 Å². The van der Waals surface area contributed by atoms with E-state index in [1.54, 1.807) is 12.1 Å².